The zero-order chi connectivity index (χ0) is 28.7. The summed E-state index contributed by atoms with van der Waals surface area (Å²) in [6.45, 7) is 4.75. The standard InChI is InChI=1S/C38H27P2.CN.Ni/c1-5-17-31(18-6-1)39(32-19-7-2-8-20-32)37-25-13-15-29-27-30-16-14-26-38(36(30)28-35(29)37)40(33-21-9-3-10-22-33)34-23-11-4-12-24-34;1-2;/h1-27H;;/q2*-1;+2/p+2. The van der Waals surface area contributed by atoms with Crippen LogP contribution in [0.3, 0.4) is 0 Å². The van der Waals surface area contributed by atoms with E-state index >= 15 is 0 Å². The Hall–Kier alpha value is -4.10. The van der Waals surface area contributed by atoms with Crippen LogP contribution >= 0.6 is 15.8 Å². The van der Waals surface area contributed by atoms with Gasteiger partial charge >= 0.3 is 16.5 Å². The molecule has 0 atom stereocenters. The van der Waals surface area contributed by atoms with Crippen molar-refractivity contribution in [2.24, 2.45) is 0 Å². The van der Waals surface area contributed by atoms with Gasteiger partial charge in [-0.2, -0.15) is 0 Å². The number of hydrogen-bond donors (Lipinski definition) is 0. The summed E-state index contributed by atoms with van der Waals surface area (Å²) in [4.78, 5) is 0. The molecule has 7 aromatic carbocycles. The third-order valence-electron chi connectivity index (χ3n) is 7.54. The molecule has 7 aromatic rings. The fourth-order valence-electron chi connectivity index (χ4n) is 5.74. The van der Waals surface area contributed by atoms with Crippen molar-refractivity contribution in [1.29, 1.82) is 5.26 Å². The van der Waals surface area contributed by atoms with E-state index in [4.69, 9.17) is 11.8 Å². The van der Waals surface area contributed by atoms with Crippen LogP contribution in [0.2, 0.25) is 0 Å². The van der Waals surface area contributed by atoms with Crippen LogP contribution in [0.15, 0.2) is 164 Å². The predicted octanol–water partition coefficient (Wildman–Crippen LogP) is 6.87. The van der Waals surface area contributed by atoms with E-state index in [-0.39, 0.29) is 16.5 Å². The van der Waals surface area contributed by atoms with Crippen LogP contribution in [0.4, 0.5) is 0 Å². The first-order chi connectivity index (χ1) is 20.9. The molecular formula is C39H29NNiP2+2. The van der Waals surface area contributed by atoms with E-state index in [0.29, 0.717) is 0 Å². The van der Waals surface area contributed by atoms with E-state index in [9.17, 15) is 0 Å². The van der Waals surface area contributed by atoms with Crippen LogP contribution in [0, 0.1) is 17.9 Å². The Morgan fingerprint density at radius 3 is 1.00 bits per heavy atom. The summed E-state index contributed by atoms with van der Waals surface area (Å²) < 4.78 is 0. The quantitative estimate of drug-likeness (QED) is 0.0851. The van der Waals surface area contributed by atoms with Gasteiger partial charge in [-0.05, 0) is 48.5 Å². The molecule has 0 heterocycles. The molecule has 208 valence electrons. The molecule has 0 aliphatic heterocycles. The molecule has 0 saturated heterocycles. The van der Waals surface area contributed by atoms with Crippen molar-refractivity contribution >= 4 is 69.2 Å². The molecule has 43 heavy (non-hydrogen) atoms. The van der Waals surface area contributed by atoms with Crippen molar-refractivity contribution in [3.63, 3.8) is 0 Å². The molecule has 0 amide bonds. The van der Waals surface area contributed by atoms with E-state index < -0.39 is 15.8 Å². The number of fused-ring (bicyclic) bond motifs is 2. The van der Waals surface area contributed by atoms with Gasteiger partial charge < -0.3 is 11.8 Å². The first-order valence-corrected chi connectivity index (χ1v) is 16.9. The van der Waals surface area contributed by atoms with Gasteiger partial charge in [0.2, 0.25) is 0 Å². The third-order valence-corrected chi connectivity index (χ3v) is 13.1. The summed E-state index contributed by atoms with van der Waals surface area (Å²) in [5.41, 5.74) is 0. The van der Waals surface area contributed by atoms with E-state index in [2.05, 4.69) is 170 Å². The first-order valence-electron chi connectivity index (χ1n) is 13.9. The fraction of sp³-hybridized carbons (Fsp3) is 0. The Balaban J connectivity index is 0.00000120. The summed E-state index contributed by atoms with van der Waals surface area (Å²) in [6, 6.07) is 64.1. The van der Waals surface area contributed by atoms with E-state index in [0.717, 1.165) is 0 Å². The van der Waals surface area contributed by atoms with E-state index in [1.54, 1.807) is 0 Å². The second-order valence-corrected chi connectivity index (χ2v) is 14.9. The Morgan fingerprint density at radius 1 is 0.395 bits per heavy atom. The SMILES string of the molecule is [C-]#N.[Ni+2].[c-]1c2c([PH+](c3ccccc3)c3ccccc3)cccc2cc2cccc([PH+](c3ccccc3)c3ccccc3)c12. The number of nitrogens with zero attached hydrogens (tertiary/aromatic N) is 1. The third kappa shape index (κ3) is 6.32. The predicted molar refractivity (Wildman–Crippen MR) is 185 cm³/mol. The second-order valence-electron chi connectivity index (χ2n) is 10.0. The van der Waals surface area contributed by atoms with Crippen LogP contribution < -0.4 is 31.8 Å². The van der Waals surface area contributed by atoms with Gasteiger partial charge in [-0.15, -0.1) is 12.1 Å². The van der Waals surface area contributed by atoms with Gasteiger partial charge in [-0.1, -0.05) is 131 Å². The van der Waals surface area contributed by atoms with Crippen LogP contribution in [-0.2, 0) is 16.5 Å². The minimum Gasteiger partial charge on any atom is -0.512 e. The minimum atomic E-state index is -1.23. The van der Waals surface area contributed by atoms with Gasteiger partial charge in [0, 0.05) is 10.6 Å². The zero-order valence-corrected chi connectivity index (χ0v) is 26.3. The molecule has 0 aliphatic carbocycles. The molecule has 0 radical (unpaired) electrons. The number of rotatable bonds is 6. The zero-order valence-electron chi connectivity index (χ0n) is 23.4. The molecule has 7 rings (SSSR count). The van der Waals surface area contributed by atoms with Crippen LogP contribution in [0.5, 0.6) is 0 Å². The molecule has 0 fully saturated rings. The molecule has 0 saturated carbocycles. The van der Waals surface area contributed by atoms with E-state index in [1.807, 2.05) is 0 Å². The molecule has 0 N–H and O–H groups in total. The summed E-state index contributed by atoms with van der Waals surface area (Å²) >= 11 is 0. The molecular weight excluding hydrogens is 603 g/mol. The first kappa shape index (κ1) is 30.4. The second kappa shape index (κ2) is 14.4. The number of benzene rings is 7. The van der Waals surface area contributed by atoms with Gasteiger partial charge in [0.25, 0.3) is 0 Å². The Morgan fingerprint density at radius 2 is 0.698 bits per heavy atom. The van der Waals surface area contributed by atoms with Crippen molar-refractivity contribution in [3.05, 3.63) is 176 Å². The maximum absolute atomic E-state index is 6.25. The van der Waals surface area contributed by atoms with Crippen molar-refractivity contribution in [2.45, 2.75) is 0 Å². The monoisotopic (exact) mass is 631 g/mol. The summed E-state index contributed by atoms with van der Waals surface area (Å²) in [6.07, 6.45) is 0. The Bertz CT molecular complexity index is 1730. The molecule has 4 heteroatoms. The average Bonchev–Trinajstić information content (AvgIpc) is 3.07. The van der Waals surface area contributed by atoms with Crippen molar-refractivity contribution in [1.82, 2.24) is 0 Å². The van der Waals surface area contributed by atoms with Crippen molar-refractivity contribution in [2.75, 3.05) is 0 Å². The van der Waals surface area contributed by atoms with Crippen molar-refractivity contribution in [3.8, 4) is 0 Å². The summed E-state index contributed by atoms with van der Waals surface area (Å²) in [5.74, 6) is 0. The van der Waals surface area contributed by atoms with Crippen LogP contribution in [0.1, 0.15) is 0 Å². The normalized spacial score (nSPS) is 10.7. The van der Waals surface area contributed by atoms with Gasteiger partial charge in [0.05, 0.1) is 37.1 Å². The smallest absolute Gasteiger partial charge is 0.512 e. The van der Waals surface area contributed by atoms with Crippen LogP contribution in [-0.4, -0.2) is 0 Å². The maximum atomic E-state index is 6.25. The van der Waals surface area contributed by atoms with Gasteiger partial charge in [-0.3, -0.25) is 0 Å². The summed E-state index contributed by atoms with van der Waals surface area (Å²) in [7, 11) is -2.46. The molecule has 0 spiro atoms. The van der Waals surface area contributed by atoms with Gasteiger partial charge in [0.15, 0.2) is 0 Å². The minimum absolute atomic E-state index is 0. The van der Waals surface area contributed by atoms with Gasteiger partial charge in [-0.25, -0.2) is 0 Å². The fourth-order valence-corrected chi connectivity index (χ4v) is 11.2. The molecule has 0 aromatic heterocycles. The Labute approximate surface area is 266 Å². The van der Waals surface area contributed by atoms with Gasteiger partial charge in [0.1, 0.15) is 0 Å². The Kier molecular flexibility index (Phi) is 10.2. The number of hydrogen-bond acceptors (Lipinski definition) is 1. The molecule has 0 bridgehead atoms. The largest absolute Gasteiger partial charge is 2.00 e. The molecule has 1 nitrogen and oxygen atoms in total. The average molecular weight is 632 g/mol. The molecule has 0 aliphatic rings. The molecule has 0 unspecified atom stereocenters. The van der Waals surface area contributed by atoms with E-state index in [1.165, 1.54) is 53.4 Å². The van der Waals surface area contributed by atoms with Crippen LogP contribution in [0.25, 0.3) is 21.5 Å². The topological polar surface area (TPSA) is 23.8 Å². The summed E-state index contributed by atoms with van der Waals surface area (Å²) in [5, 5.41) is 19.6. The van der Waals surface area contributed by atoms with Crippen molar-refractivity contribution < 1.29 is 16.5 Å². The maximum Gasteiger partial charge on any atom is 2.00 e.